The monoisotopic (exact) mass is 370 g/mol. The van der Waals surface area contributed by atoms with Gasteiger partial charge >= 0.3 is 0 Å². The molecule has 2 aromatic carbocycles. The fraction of sp³-hybridized carbons (Fsp3) is 0.158. The van der Waals surface area contributed by atoms with Crippen LogP contribution in [-0.4, -0.2) is 5.16 Å². The number of benzene rings is 2. The fourth-order valence-corrected chi connectivity index (χ4v) is 4.05. The highest BCUT2D eigenvalue weighted by molar-refractivity contribution is 6.31. The molecule has 1 aliphatic carbocycles. The van der Waals surface area contributed by atoms with E-state index in [0.29, 0.717) is 38.6 Å². The third-order valence-electron chi connectivity index (χ3n) is 4.94. The van der Waals surface area contributed by atoms with Gasteiger partial charge in [0.25, 0.3) is 0 Å². The Morgan fingerprint density at radius 2 is 1.80 bits per heavy atom. The van der Waals surface area contributed by atoms with E-state index in [1.807, 2.05) is 24.3 Å². The van der Waals surface area contributed by atoms with Gasteiger partial charge in [0, 0.05) is 29.0 Å². The maximum Gasteiger partial charge on any atom is 0.228 e. The zero-order chi connectivity index (χ0) is 17.1. The second-order valence-corrected chi connectivity index (χ2v) is 7.27. The number of nitrogens with zero attached hydrogens (tertiary/aromatic N) is 2. The van der Waals surface area contributed by atoms with Crippen molar-refractivity contribution in [3.8, 4) is 0 Å². The first kappa shape index (κ1) is 15.0. The Kier molecular flexibility index (Phi) is 3.21. The van der Waals surface area contributed by atoms with Crippen molar-refractivity contribution in [3.05, 3.63) is 74.7 Å². The molecule has 0 saturated carbocycles. The highest BCUT2D eigenvalue weighted by Gasteiger charge is 2.33. The summed E-state index contributed by atoms with van der Waals surface area (Å²) in [6, 6.07) is 13.0. The zero-order valence-corrected chi connectivity index (χ0v) is 14.5. The summed E-state index contributed by atoms with van der Waals surface area (Å²) in [4.78, 5) is 0. The van der Waals surface area contributed by atoms with Crippen molar-refractivity contribution in [2.45, 2.75) is 18.8 Å². The van der Waals surface area contributed by atoms with Crippen LogP contribution in [-0.2, 0) is 12.8 Å². The van der Waals surface area contributed by atoms with E-state index in [9.17, 15) is 5.21 Å². The molecule has 1 aliphatic rings. The lowest BCUT2D eigenvalue weighted by Crippen LogP contribution is -2.35. The Morgan fingerprint density at radius 3 is 2.60 bits per heavy atom. The average Bonchev–Trinajstić information content (AvgIpc) is 3.04. The van der Waals surface area contributed by atoms with Crippen molar-refractivity contribution < 1.29 is 9.25 Å². The molecule has 1 unspecified atom stereocenters. The van der Waals surface area contributed by atoms with E-state index in [1.165, 1.54) is 0 Å². The summed E-state index contributed by atoms with van der Waals surface area (Å²) in [7, 11) is 0. The molecule has 0 spiro atoms. The Balaban J connectivity index is 1.74. The van der Waals surface area contributed by atoms with Gasteiger partial charge in [-0.1, -0.05) is 40.5 Å². The second kappa shape index (κ2) is 5.35. The first-order valence-electron chi connectivity index (χ1n) is 7.99. The second-order valence-electron chi connectivity index (χ2n) is 6.39. The van der Waals surface area contributed by atoms with Crippen molar-refractivity contribution in [2.24, 2.45) is 0 Å². The van der Waals surface area contributed by atoms with E-state index in [4.69, 9.17) is 27.7 Å². The SMILES string of the molecule is [O-][n+]1c2c3c(noc3c3cc(Cl)ccc31)CC(c1ccc(Cl)cc1)C2. The van der Waals surface area contributed by atoms with Crippen molar-refractivity contribution in [3.63, 3.8) is 0 Å². The number of rotatable bonds is 1. The summed E-state index contributed by atoms with van der Waals surface area (Å²) in [5, 5.41) is 20.0. The molecule has 0 amide bonds. The molecule has 0 fully saturated rings. The zero-order valence-electron chi connectivity index (χ0n) is 13.0. The van der Waals surface area contributed by atoms with E-state index in [-0.39, 0.29) is 5.92 Å². The van der Waals surface area contributed by atoms with Gasteiger partial charge in [-0.15, -0.1) is 0 Å². The molecule has 1 atom stereocenters. The number of aromatic nitrogens is 2. The van der Waals surface area contributed by atoms with Crippen molar-refractivity contribution >= 4 is 45.1 Å². The molecule has 2 heterocycles. The van der Waals surface area contributed by atoms with Gasteiger partial charge < -0.3 is 9.73 Å². The van der Waals surface area contributed by atoms with E-state index in [2.05, 4.69) is 5.16 Å². The van der Waals surface area contributed by atoms with Gasteiger partial charge in [0.15, 0.2) is 5.58 Å². The van der Waals surface area contributed by atoms with E-state index in [0.717, 1.165) is 27.8 Å². The van der Waals surface area contributed by atoms with Gasteiger partial charge in [-0.2, -0.15) is 4.73 Å². The molecular weight excluding hydrogens is 359 g/mol. The largest absolute Gasteiger partial charge is 0.618 e. The molecular formula is C19H12Cl2N2O2. The summed E-state index contributed by atoms with van der Waals surface area (Å²) in [5.74, 6) is 0.169. The number of hydrogen-bond donors (Lipinski definition) is 0. The van der Waals surface area contributed by atoms with Crippen molar-refractivity contribution in [2.75, 3.05) is 0 Å². The lowest BCUT2D eigenvalue weighted by Gasteiger charge is -2.21. The molecule has 0 N–H and O–H groups in total. The highest BCUT2D eigenvalue weighted by Crippen LogP contribution is 2.38. The number of fused-ring (bicyclic) bond motifs is 2. The minimum atomic E-state index is 0.169. The number of pyridine rings is 1. The third kappa shape index (κ3) is 2.21. The Morgan fingerprint density at radius 1 is 1.04 bits per heavy atom. The van der Waals surface area contributed by atoms with Crippen LogP contribution in [0, 0.1) is 5.21 Å². The quantitative estimate of drug-likeness (QED) is 0.357. The van der Waals surface area contributed by atoms with Gasteiger partial charge in [-0.3, -0.25) is 0 Å². The lowest BCUT2D eigenvalue weighted by atomic mass is 9.84. The molecule has 0 bridgehead atoms. The van der Waals surface area contributed by atoms with Crippen LogP contribution in [0.15, 0.2) is 47.0 Å². The lowest BCUT2D eigenvalue weighted by molar-refractivity contribution is -0.584. The molecule has 25 heavy (non-hydrogen) atoms. The molecule has 0 aliphatic heterocycles. The smallest absolute Gasteiger partial charge is 0.228 e. The number of hydrogen-bond acceptors (Lipinski definition) is 3. The first-order valence-corrected chi connectivity index (χ1v) is 8.75. The van der Waals surface area contributed by atoms with Gasteiger partial charge in [0.1, 0.15) is 5.39 Å². The fourth-order valence-electron chi connectivity index (χ4n) is 3.75. The molecule has 0 radical (unpaired) electrons. The molecule has 2 aromatic heterocycles. The third-order valence-corrected chi connectivity index (χ3v) is 5.43. The Labute approximate surface area is 153 Å². The summed E-state index contributed by atoms with van der Waals surface area (Å²) in [6.45, 7) is 0. The van der Waals surface area contributed by atoms with Crippen molar-refractivity contribution in [1.29, 1.82) is 0 Å². The van der Waals surface area contributed by atoms with Gasteiger partial charge in [0.2, 0.25) is 11.2 Å². The average molecular weight is 371 g/mol. The van der Waals surface area contributed by atoms with Crippen LogP contribution >= 0.6 is 23.2 Å². The first-order chi connectivity index (χ1) is 12.1. The van der Waals surface area contributed by atoms with Crippen molar-refractivity contribution in [1.82, 2.24) is 5.16 Å². The van der Waals surface area contributed by atoms with Gasteiger partial charge in [-0.05, 0) is 35.7 Å². The van der Waals surface area contributed by atoms with Crippen LogP contribution in [0.25, 0.3) is 21.9 Å². The molecule has 6 heteroatoms. The molecule has 4 nitrogen and oxygen atoms in total. The summed E-state index contributed by atoms with van der Waals surface area (Å²) in [5.41, 5.74) is 3.85. The Hall–Kier alpha value is -2.30. The van der Waals surface area contributed by atoms with Crippen LogP contribution in [0.5, 0.6) is 0 Å². The molecule has 124 valence electrons. The standard InChI is InChI=1S/C19H12Cl2N2O2/c20-12-3-1-10(2-4-12)11-7-15-18-17(8-11)23(24)16-6-5-13(21)9-14(16)19(18)25-22-15/h1-6,9,11H,7-8H2. The van der Waals surface area contributed by atoms with Gasteiger partial charge in [0.05, 0.1) is 11.1 Å². The number of halogens is 2. The van der Waals surface area contributed by atoms with Crippen LogP contribution in [0.1, 0.15) is 22.9 Å². The van der Waals surface area contributed by atoms with E-state index in [1.54, 1.807) is 18.2 Å². The molecule has 5 rings (SSSR count). The van der Waals surface area contributed by atoms with E-state index >= 15 is 0 Å². The maximum atomic E-state index is 13.0. The highest BCUT2D eigenvalue weighted by atomic mass is 35.5. The van der Waals surface area contributed by atoms with Crippen LogP contribution in [0.4, 0.5) is 0 Å². The summed E-state index contributed by atoms with van der Waals surface area (Å²) < 4.78 is 6.60. The predicted octanol–water partition coefficient (Wildman–Crippen LogP) is 4.80. The molecule has 0 saturated heterocycles. The normalized spacial score (nSPS) is 16.6. The minimum Gasteiger partial charge on any atom is -0.618 e. The Bertz CT molecular complexity index is 1140. The van der Waals surface area contributed by atoms with Crippen LogP contribution in [0.2, 0.25) is 10.0 Å². The van der Waals surface area contributed by atoms with Crippen LogP contribution < -0.4 is 4.73 Å². The van der Waals surface area contributed by atoms with Crippen LogP contribution in [0.3, 0.4) is 0 Å². The topological polar surface area (TPSA) is 53.0 Å². The summed E-state index contributed by atoms with van der Waals surface area (Å²) >= 11 is 12.1. The van der Waals surface area contributed by atoms with E-state index < -0.39 is 0 Å². The minimum absolute atomic E-state index is 0.169. The maximum absolute atomic E-state index is 13.0. The van der Waals surface area contributed by atoms with Gasteiger partial charge in [-0.25, -0.2) is 0 Å². The molecule has 4 aromatic rings. The predicted molar refractivity (Wildman–Crippen MR) is 97.1 cm³/mol. The summed E-state index contributed by atoms with van der Waals surface area (Å²) in [6.07, 6.45) is 1.36.